The first kappa shape index (κ1) is 25.1. The van der Waals surface area contributed by atoms with Crippen molar-refractivity contribution in [3.63, 3.8) is 0 Å². The van der Waals surface area contributed by atoms with Crippen molar-refractivity contribution in [1.82, 2.24) is 10.6 Å². The highest BCUT2D eigenvalue weighted by Crippen LogP contribution is 2.35. The minimum Gasteiger partial charge on any atom is -0.369 e. The fraction of sp³-hybridized carbons (Fsp3) is 0.778. The van der Waals surface area contributed by atoms with Crippen molar-refractivity contribution in [1.29, 1.82) is 0 Å². The van der Waals surface area contributed by atoms with Crippen LogP contribution in [-0.2, 0) is 19.1 Å². The van der Waals surface area contributed by atoms with Crippen molar-refractivity contribution in [2.24, 2.45) is 11.8 Å². The second-order valence-corrected chi connectivity index (χ2v) is 9.48. The first-order valence-electron chi connectivity index (χ1n) is 8.69. The molecule has 6 nitrogen and oxygen atoms in total. The van der Waals surface area contributed by atoms with Crippen LogP contribution in [0.1, 0.15) is 44.4 Å². The summed E-state index contributed by atoms with van der Waals surface area (Å²) in [5.41, 5.74) is 0. The van der Waals surface area contributed by atoms with E-state index in [0.29, 0.717) is 31.6 Å². The smallest absolute Gasteiger partial charge is 0.246 e. The molecule has 0 spiro atoms. The van der Waals surface area contributed by atoms with Crippen molar-refractivity contribution in [3.8, 4) is 11.8 Å². The molecule has 0 aliphatic rings. The molecule has 0 aromatic rings. The number of nitrogens with one attached hydrogen (secondary N) is 2. The Morgan fingerprint density at radius 3 is 2.46 bits per heavy atom. The minimum absolute atomic E-state index is 0. The molecule has 0 fully saturated rings. The SMILES string of the molecule is CC(C)C#CCNC(=O)COCCOC(C)(C)SSCNC(=O)C(C)C.[HH].[HH]. The van der Waals surface area contributed by atoms with Gasteiger partial charge in [0.1, 0.15) is 11.5 Å². The average Bonchev–Trinajstić information content (AvgIpc) is 2.54. The molecule has 26 heavy (non-hydrogen) atoms. The maximum absolute atomic E-state index is 11.5. The van der Waals surface area contributed by atoms with Crippen LogP contribution < -0.4 is 10.6 Å². The molecule has 0 radical (unpaired) electrons. The van der Waals surface area contributed by atoms with Gasteiger partial charge in [0.05, 0.1) is 25.6 Å². The Balaban J connectivity index is -0.00000312. The van der Waals surface area contributed by atoms with Crippen molar-refractivity contribution >= 4 is 33.4 Å². The minimum atomic E-state index is -0.411. The summed E-state index contributed by atoms with van der Waals surface area (Å²) < 4.78 is 11.0. The second kappa shape index (κ2) is 14.2. The van der Waals surface area contributed by atoms with Crippen LogP contribution in [0.15, 0.2) is 0 Å². The van der Waals surface area contributed by atoms with Gasteiger partial charge in [-0.2, -0.15) is 0 Å². The Labute approximate surface area is 168 Å². The summed E-state index contributed by atoms with van der Waals surface area (Å²) in [7, 11) is 3.07. The third kappa shape index (κ3) is 15.4. The predicted molar refractivity (Wildman–Crippen MR) is 114 cm³/mol. The highest BCUT2D eigenvalue weighted by molar-refractivity contribution is 8.77. The van der Waals surface area contributed by atoms with Gasteiger partial charge in [0, 0.05) is 14.7 Å². The summed E-state index contributed by atoms with van der Waals surface area (Å²) in [6, 6.07) is 0. The molecule has 0 bridgehead atoms. The molecular formula is C18H36N2O4S2. The molecule has 2 amide bonds. The fourth-order valence-electron chi connectivity index (χ4n) is 1.46. The summed E-state index contributed by atoms with van der Waals surface area (Å²) in [6.45, 7) is 12.7. The molecular weight excluding hydrogens is 372 g/mol. The van der Waals surface area contributed by atoms with Gasteiger partial charge in [0.25, 0.3) is 0 Å². The summed E-state index contributed by atoms with van der Waals surface area (Å²) in [5.74, 6) is 6.53. The van der Waals surface area contributed by atoms with E-state index in [9.17, 15) is 9.59 Å². The van der Waals surface area contributed by atoms with Crippen LogP contribution in [-0.4, -0.2) is 49.0 Å². The molecule has 0 heterocycles. The average molecular weight is 409 g/mol. The molecule has 0 aliphatic heterocycles. The quantitative estimate of drug-likeness (QED) is 0.224. The van der Waals surface area contributed by atoms with Gasteiger partial charge in [-0.1, -0.05) is 61.1 Å². The molecule has 2 N–H and O–H groups in total. The molecule has 154 valence electrons. The standard InChI is InChI=1S/C18H32N2O4S2.2H2/c1-14(2)8-7-9-19-16(21)12-23-10-11-24-18(5,6)26-25-13-20-17(22)15(3)4;;/h14-15H,9-13H2,1-6H3,(H,19,21)(H,20,22);2*1H. The number of hydrogen-bond donors (Lipinski definition) is 2. The van der Waals surface area contributed by atoms with E-state index in [-0.39, 0.29) is 27.2 Å². The predicted octanol–water partition coefficient (Wildman–Crippen LogP) is 3.13. The number of ether oxygens (including phenoxy) is 2. The summed E-state index contributed by atoms with van der Waals surface area (Å²) in [6.07, 6.45) is 0. The Morgan fingerprint density at radius 1 is 1.15 bits per heavy atom. The Hall–Kier alpha value is -0.880. The van der Waals surface area contributed by atoms with Crippen molar-refractivity contribution in [2.45, 2.75) is 46.5 Å². The van der Waals surface area contributed by atoms with E-state index in [1.807, 2.05) is 41.5 Å². The number of carbonyl (C=O) groups excluding carboxylic acids is 2. The van der Waals surface area contributed by atoms with Gasteiger partial charge in [0.2, 0.25) is 11.8 Å². The van der Waals surface area contributed by atoms with E-state index in [0.717, 1.165) is 0 Å². The fourth-order valence-corrected chi connectivity index (χ4v) is 3.49. The zero-order chi connectivity index (χ0) is 20.0. The van der Waals surface area contributed by atoms with Crippen molar-refractivity contribution < 1.29 is 21.9 Å². The summed E-state index contributed by atoms with van der Waals surface area (Å²) >= 11 is 0. The number of hydrogen-bond acceptors (Lipinski definition) is 6. The van der Waals surface area contributed by atoms with Gasteiger partial charge in [-0.25, -0.2) is 0 Å². The van der Waals surface area contributed by atoms with E-state index in [2.05, 4.69) is 22.5 Å². The second-order valence-electron chi connectivity index (χ2n) is 6.59. The third-order valence-electron chi connectivity index (χ3n) is 2.76. The largest absolute Gasteiger partial charge is 0.369 e. The Morgan fingerprint density at radius 2 is 1.85 bits per heavy atom. The first-order valence-corrected chi connectivity index (χ1v) is 11.0. The van der Waals surface area contributed by atoms with Crippen molar-refractivity contribution in [3.05, 3.63) is 0 Å². The van der Waals surface area contributed by atoms with E-state index < -0.39 is 4.93 Å². The molecule has 0 atom stereocenters. The van der Waals surface area contributed by atoms with E-state index in [1.165, 1.54) is 10.8 Å². The van der Waals surface area contributed by atoms with Crippen LogP contribution in [0.3, 0.4) is 0 Å². The summed E-state index contributed by atoms with van der Waals surface area (Å²) in [4.78, 5) is 22.6. The molecule has 0 aliphatic carbocycles. The number of rotatable bonds is 12. The molecule has 0 rings (SSSR count). The lowest BCUT2D eigenvalue weighted by molar-refractivity contribution is -0.126. The lowest BCUT2D eigenvalue weighted by Crippen LogP contribution is -2.29. The van der Waals surface area contributed by atoms with Crippen LogP contribution in [0.5, 0.6) is 0 Å². The maximum Gasteiger partial charge on any atom is 0.246 e. The zero-order valence-corrected chi connectivity index (χ0v) is 18.3. The first-order chi connectivity index (χ1) is 12.1. The highest BCUT2D eigenvalue weighted by Gasteiger charge is 2.19. The zero-order valence-electron chi connectivity index (χ0n) is 16.6. The van der Waals surface area contributed by atoms with Crippen molar-refractivity contribution in [2.75, 3.05) is 32.2 Å². The van der Waals surface area contributed by atoms with Gasteiger partial charge in [-0.3, -0.25) is 9.59 Å². The van der Waals surface area contributed by atoms with Gasteiger partial charge in [-0.15, -0.1) is 0 Å². The van der Waals surface area contributed by atoms with Crippen LogP contribution in [0.4, 0.5) is 0 Å². The lowest BCUT2D eigenvalue weighted by atomic mass is 10.2. The molecule has 0 aromatic heterocycles. The molecule has 0 saturated carbocycles. The van der Waals surface area contributed by atoms with Gasteiger partial charge in [0.15, 0.2) is 0 Å². The van der Waals surface area contributed by atoms with Gasteiger partial charge < -0.3 is 20.1 Å². The van der Waals surface area contributed by atoms with E-state index >= 15 is 0 Å². The third-order valence-corrected chi connectivity index (χ3v) is 5.57. The number of amides is 2. The Kier molecular flexibility index (Phi) is 13.7. The lowest BCUT2D eigenvalue weighted by Gasteiger charge is -2.24. The molecule has 0 aromatic carbocycles. The normalized spacial score (nSPS) is 11.2. The maximum atomic E-state index is 11.5. The number of carbonyl (C=O) groups is 2. The molecule has 0 unspecified atom stereocenters. The van der Waals surface area contributed by atoms with Crippen LogP contribution in [0.2, 0.25) is 0 Å². The Bertz CT molecular complexity index is 496. The van der Waals surface area contributed by atoms with E-state index in [1.54, 1.807) is 10.8 Å². The van der Waals surface area contributed by atoms with Gasteiger partial charge in [-0.05, 0) is 13.8 Å². The monoisotopic (exact) mass is 408 g/mol. The van der Waals surface area contributed by atoms with Crippen LogP contribution >= 0.6 is 21.6 Å². The topological polar surface area (TPSA) is 76.7 Å². The molecule has 0 saturated heterocycles. The van der Waals surface area contributed by atoms with Crippen LogP contribution in [0, 0.1) is 23.7 Å². The van der Waals surface area contributed by atoms with Gasteiger partial charge >= 0.3 is 0 Å². The molecule has 8 heteroatoms. The van der Waals surface area contributed by atoms with Crippen LogP contribution in [0.25, 0.3) is 0 Å². The summed E-state index contributed by atoms with van der Waals surface area (Å²) in [5, 5.41) is 5.52. The van der Waals surface area contributed by atoms with E-state index in [4.69, 9.17) is 9.47 Å². The highest BCUT2D eigenvalue weighted by atomic mass is 33.1.